The van der Waals surface area contributed by atoms with Gasteiger partial charge < -0.3 is 9.40 Å². The summed E-state index contributed by atoms with van der Waals surface area (Å²) in [7, 11) is 0. The molecule has 0 aliphatic heterocycles. The molecule has 13 heteroatoms. The highest BCUT2D eigenvalue weighted by Gasteiger charge is 2.22. The van der Waals surface area contributed by atoms with Gasteiger partial charge in [0.1, 0.15) is 5.71 Å². The van der Waals surface area contributed by atoms with Crippen molar-refractivity contribution in [2.75, 3.05) is 0 Å². The van der Waals surface area contributed by atoms with E-state index in [1.54, 1.807) is 24.3 Å². The molecule has 0 unspecified atom stereocenters. The first-order chi connectivity index (χ1) is 17.1. The Hall–Kier alpha value is -5.20. The first kappa shape index (κ1) is 23.9. The Morgan fingerprint density at radius 2 is 1.36 bits per heavy atom. The van der Waals surface area contributed by atoms with Crippen molar-refractivity contribution in [2.45, 2.75) is 20.4 Å². The summed E-state index contributed by atoms with van der Waals surface area (Å²) < 4.78 is 1.96. The Labute approximate surface area is 201 Å². The molecule has 0 saturated heterocycles. The van der Waals surface area contributed by atoms with Crippen LogP contribution in [0.25, 0.3) is 21.8 Å². The van der Waals surface area contributed by atoms with E-state index >= 15 is 0 Å². The number of nitro benzene ring substituents is 3. The summed E-state index contributed by atoms with van der Waals surface area (Å²) in [6.07, 6.45) is 0. The Morgan fingerprint density at radius 1 is 0.806 bits per heavy atom. The van der Waals surface area contributed by atoms with E-state index in [1.807, 2.05) is 11.5 Å². The SMILES string of the molecule is CCn1c2ccc(C(=NOC(C)=O)c3cc([N+](=O)[O-])cc([N+](=O)[O-])c3)cc2c2cc([N+](=O)[O-])ccc21. The topological polar surface area (TPSA) is 173 Å². The molecule has 0 N–H and O–H groups in total. The Kier molecular flexibility index (Phi) is 6.13. The second kappa shape index (κ2) is 9.21. The van der Waals surface area contributed by atoms with Gasteiger partial charge in [-0.05, 0) is 25.1 Å². The van der Waals surface area contributed by atoms with Crippen LogP contribution in [0.4, 0.5) is 17.1 Å². The van der Waals surface area contributed by atoms with Gasteiger partial charge in [0, 0.05) is 70.7 Å². The lowest BCUT2D eigenvalue weighted by Crippen LogP contribution is -2.08. The van der Waals surface area contributed by atoms with Crippen molar-refractivity contribution >= 4 is 50.5 Å². The van der Waals surface area contributed by atoms with Crippen LogP contribution in [0.1, 0.15) is 25.0 Å². The van der Waals surface area contributed by atoms with Crippen molar-refractivity contribution < 1.29 is 24.4 Å². The zero-order valence-corrected chi connectivity index (χ0v) is 18.9. The van der Waals surface area contributed by atoms with E-state index in [-0.39, 0.29) is 17.0 Å². The minimum atomic E-state index is -0.781. The van der Waals surface area contributed by atoms with Crippen LogP contribution in [0.3, 0.4) is 0 Å². The van der Waals surface area contributed by atoms with Crippen LogP contribution in [0.15, 0.2) is 59.8 Å². The van der Waals surface area contributed by atoms with Crippen LogP contribution >= 0.6 is 0 Å². The summed E-state index contributed by atoms with van der Waals surface area (Å²) in [6, 6.07) is 12.5. The van der Waals surface area contributed by atoms with Gasteiger partial charge in [-0.15, -0.1) is 0 Å². The normalized spacial score (nSPS) is 11.6. The molecule has 0 bridgehead atoms. The maximum atomic E-state index is 11.5. The monoisotopic (exact) mass is 491 g/mol. The molecule has 0 fully saturated rings. The smallest absolute Gasteiger partial charge is 0.332 e. The number of carbonyl (C=O) groups excluding carboxylic acids is 1. The summed E-state index contributed by atoms with van der Waals surface area (Å²) in [6.45, 7) is 3.60. The minimum Gasteiger partial charge on any atom is -0.341 e. The van der Waals surface area contributed by atoms with Crippen molar-refractivity contribution in [1.29, 1.82) is 0 Å². The number of hydrogen-bond donors (Lipinski definition) is 0. The molecule has 0 amide bonds. The minimum absolute atomic E-state index is 0.0262. The van der Waals surface area contributed by atoms with E-state index in [1.165, 1.54) is 12.1 Å². The molecule has 0 aliphatic rings. The molecule has 36 heavy (non-hydrogen) atoms. The molecule has 1 aromatic heterocycles. The van der Waals surface area contributed by atoms with Gasteiger partial charge in [-0.1, -0.05) is 11.2 Å². The van der Waals surface area contributed by atoms with Gasteiger partial charge >= 0.3 is 5.97 Å². The van der Waals surface area contributed by atoms with Gasteiger partial charge in [-0.3, -0.25) is 30.3 Å². The van der Waals surface area contributed by atoms with Gasteiger partial charge in [-0.2, -0.15) is 0 Å². The largest absolute Gasteiger partial charge is 0.341 e. The van der Waals surface area contributed by atoms with Crippen LogP contribution in [-0.4, -0.2) is 31.0 Å². The number of nitro groups is 3. The number of oxime groups is 1. The third kappa shape index (κ3) is 4.32. The lowest BCUT2D eigenvalue weighted by molar-refractivity contribution is -0.394. The van der Waals surface area contributed by atoms with Gasteiger partial charge in [0.15, 0.2) is 0 Å². The number of nitrogens with zero attached hydrogens (tertiary/aromatic N) is 5. The molecular formula is C23H17N5O8. The van der Waals surface area contributed by atoms with E-state index in [4.69, 9.17) is 4.84 Å². The van der Waals surface area contributed by atoms with Crippen LogP contribution in [0.2, 0.25) is 0 Å². The molecule has 0 radical (unpaired) electrons. The van der Waals surface area contributed by atoms with Gasteiger partial charge in [-0.25, -0.2) is 4.79 Å². The summed E-state index contributed by atoms with van der Waals surface area (Å²) in [4.78, 5) is 48.4. The second-order valence-electron chi connectivity index (χ2n) is 7.71. The summed E-state index contributed by atoms with van der Waals surface area (Å²) in [5.41, 5.74) is 0.533. The maximum Gasteiger partial charge on any atom is 0.332 e. The number of aryl methyl sites for hydroxylation is 1. The number of fused-ring (bicyclic) bond motifs is 3. The Bertz CT molecular complexity index is 1590. The second-order valence-corrected chi connectivity index (χ2v) is 7.71. The first-order valence-corrected chi connectivity index (χ1v) is 10.5. The average molecular weight is 491 g/mol. The van der Waals surface area contributed by atoms with Gasteiger partial charge in [0.05, 0.1) is 20.8 Å². The molecule has 4 aromatic rings. The maximum absolute atomic E-state index is 11.5. The quantitative estimate of drug-likeness (QED) is 0.152. The standard InChI is InChI=1S/C23H17N5O8/c1-3-25-21-6-4-14(10-19(21)20-12-16(26(30)31)5-7-22(20)25)23(24-36-13(2)29)15-8-17(27(32)33)11-18(9-15)28(34)35/h4-12H,3H2,1-2H3. The lowest BCUT2D eigenvalue weighted by Gasteiger charge is -2.08. The van der Waals surface area contributed by atoms with E-state index in [0.29, 0.717) is 22.9 Å². The van der Waals surface area contributed by atoms with Crippen molar-refractivity contribution in [3.8, 4) is 0 Å². The summed E-state index contributed by atoms with van der Waals surface area (Å²) in [5, 5.41) is 39.2. The number of rotatable bonds is 7. The van der Waals surface area contributed by atoms with Gasteiger partial charge in [0.25, 0.3) is 17.1 Å². The van der Waals surface area contributed by atoms with Crippen LogP contribution in [0.5, 0.6) is 0 Å². The van der Waals surface area contributed by atoms with Crippen LogP contribution in [0, 0.1) is 30.3 Å². The Morgan fingerprint density at radius 3 is 1.89 bits per heavy atom. The molecule has 0 aliphatic carbocycles. The molecule has 0 atom stereocenters. The molecule has 1 heterocycles. The van der Waals surface area contributed by atoms with E-state index in [9.17, 15) is 35.1 Å². The predicted molar refractivity (Wildman–Crippen MR) is 129 cm³/mol. The van der Waals surface area contributed by atoms with Crippen molar-refractivity contribution in [3.63, 3.8) is 0 Å². The third-order valence-corrected chi connectivity index (χ3v) is 5.51. The van der Waals surface area contributed by atoms with E-state index < -0.39 is 32.1 Å². The zero-order valence-electron chi connectivity index (χ0n) is 18.9. The number of benzene rings is 3. The van der Waals surface area contributed by atoms with Crippen LogP contribution in [-0.2, 0) is 16.2 Å². The van der Waals surface area contributed by atoms with Crippen LogP contribution < -0.4 is 0 Å². The molecule has 0 saturated carbocycles. The van der Waals surface area contributed by atoms with E-state index in [0.717, 1.165) is 36.2 Å². The fourth-order valence-corrected chi connectivity index (χ4v) is 4.02. The molecule has 0 spiro atoms. The number of non-ortho nitro benzene ring substituents is 3. The van der Waals surface area contributed by atoms with Gasteiger partial charge in [0.2, 0.25) is 0 Å². The highest BCUT2D eigenvalue weighted by molar-refractivity contribution is 6.17. The summed E-state index contributed by atoms with van der Waals surface area (Å²) >= 11 is 0. The lowest BCUT2D eigenvalue weighted by atomic mass is 9.99. The third-order valence-electron chi connectivity index (χ3n) is 5.51. The fraction of sp³-hybridized carbons (Fsp3) is 0.130. The zero-order chi connectivity index (χ0) is 26.1. The summed E-state index contributed by atoms with van der Waals surface area (Å²) in [5.74, 6) is -0.772. The first-order valence-electron chi connectivity index (χ1n) is 10.5. The highest BCUT2D eigenvalue weighted by Crippen LogP contribution is 2.33. The highest BCUT2D eigenvalue weighted by atomic mass is 16.7. The molecule has 182 valence electrons. The molecule has 4 rings (SSSR count). The van der Waals surface area contributed by atoms with Crippen molar-refractivity contribution in [3.05, 3.63) is 96.1 Å². The number of carbonyl (C=O) groups is 1. The molecular weight excluding hydrogens is 474 g/mol. The molecule has 3 aromatic carbocycles. The van der Waals surface area contributed by atoms with Crippen molar-refractivity contribution in [1.82, 2.24) is 4.57 Å². The van der Waals surface area contributed by atoms with E-state index in [2.05, 4.69) is 5.16 Å². The Balaban J connectivity index is 2.01. The van der Waals surface area contributed by atoms with Crippen molar-refractivity contribution in [2.24, 2.45) is 5.16 Å². The molecule has 13 nitrogen and oxygen atoms in total. The predicted octanol–water partition coefficient (Wildman–Crippen LogP) is 4.85. The average Bonchev–Trinajstić information content (AvgIpc) is 3.16. The fourth-order valence-electron chi connectivity index (χ4n) is 4.02. The number of aromatic nitrogens is 1. The number of hydrogen-bond acceptors (Lipinski definition) is 9.